The minimum atomic E-state index is -0.0883. The van der Waals surface area contributed by atoms with E-state index in [1.54, 1.807) is 6.20 Å². The summed E-state index contributed by atoms with van der Waals surface area (Å²) in [6.07, 6.45) is 9.24. The first-order valence-corrected chi connectivity index (χ1v) is 6.64. The van der Waals surface area contributed by atoms with E-state index in [0.717, 1.165) is 25.9 Å². The van der Waals surface area contributed by atoms with Crippen LogP contribution in [-0.2, 0) is 6.42 Å². The standard InChI is InChI=1S/C14H22N2O/c17-14-6-2-1-5-13(14)11-16-9-7-12-4-3-8-15-10-12/h3-4,8,10,13-14,16-17H,1-2,5-7,9,11H2. The molecule has 2 atom stereocenters. The number of aliphatic hydroxyl groups is 1. The van der Waals surface area contributed by atoms with Gasteiger partial charge in [0, 0.05) is 18.9 Å². The highest BCUT2D eigenvalue weighted by atomic mass is 16.3. The van der Waals surface area contributed by atoms with E-state index >= 15 is 0 Å². The summed E-state index contributed by atoms with van der Waals surface area (Å²) in [5.41, 5.74) is 1.27. The fourth-order valence-corrected chi connectivity index (χ4v) is 2.49. The molecule has 2 N–H and O–H groups in total. The average molecular weight is 234 g/mol. The zero-order valence-corrected chi connectivity index (χ0v) is 10.3. The lowest BCUT2D eigenvalue weighted by Gasteiger charge is -2.27. The smallest absolute Gasteiger partial charge is 0.0580 e. The van der Waals surface area contributed by atoms with Gasteiger partial charge in [-0.25, -0.2) is 0 Å². The van der Waals surface area contributed by atoms with Crippen LogP contribution >= 0.6 is 0 Å². The van der Waals surface area contributed by atoms with Crippen molar-refractivity contribution in [2.45, 2.75) is 38.2 Å². The molecule has 0 amide bonds. The molecule has 3 heteroatoms. The molecule has 1 aromatic heterocycles. The summed E-state index contributed by atoms with van der Waals surface area (Å²) in [5.74, 6) is 0.456. The molecule has 17 heavy (non-hydrogen) atoms. The molecule has 1 aromatic rings. The molecular formula is C14H22N2O. The van der Waals surface area contributed by atoms with Crippen LogP contribution in [0.4, 0.5) is 0 Å². The SMILES string of the molecule is OC1CCCCC1CNCCc1cccnc1. The molecule has 0 saturated heterocycles. The first kappa shape index (κ1) is 12.5. The van der Waals surface area contributed by atoms with E-state index in [1.165, 1.54) is 24.8 Å². The third-order valence-electron chi connectivity index (χ3n) is 3.59. The summed E-state index contributed by atoms with van der Waals surface area (Å²) in [4.78, 5) is 4.10. The molecule has 1 aliphatic carbocycles. The number of pyridine rings is 1. The maximum Gasteiger partial charge on any atom is 0.0580 e. The summed E-state index contributed by atoms with van der Waals surface area (Å²) in [5, 5.41) is 13.3. The van der Waals surface area contributed by atoms with Crippen molar-refractivity contribution in [3.8, 4) is 0 Å². The number of hydrogen-bond acceptors (Lipinski definition) is 3. The lowest BCUT2D eigenvalue weighted by atomic mass is 9.86. The van der Waals surface area contributed by atoms with Gasteiger partial charge in [-0.05, 0) is 43.4 Å². The van der Waals surface area contributed by atoms with Gasteiger partial charge in [-0.1, -0.05) is 18.9 Å². The molecule has 0 aliphatic heterocycles. The van der Waals surface area contributed by atoms with Crippen LogP contribution in [0.2, 0.25) is 0 Å². The number of rotatable bonds is 5. The van der Waals surface area contributed by atoms with Crippen molar-refractivity contribution in [2.24, 2.45) is 5.92 Å². The first-order chi connectivity index (χ1) is 8.36. The predicted octanol–water partition coefficient (Wildman–Crippen LogP) is 1.76. The van der Waals surface area contributed by atoms with E-state index in [-0.39, 0.29) is 6.10 Å². The fraction of sp³-hybridized carbons (Fsp3) is 0.643. The number of nitrogens with one attached hydrogen (secondary N) is 1. The van der Waals surface area contributed by atoms with E-state index in [4.69, 9.17) is 0 Å². The summed E-state index contributed by atoms with van der Waals surface area (Å²) in [7, 11) is 0. The summed E-state index contributed by atoms with van der Waals surface area (Å²) >= 11 is 0. The molecule has 1 aliphatic rings. The van der Waals surface area contributed by atoms with E-state index in [0.29, 0.717) is 5.92 Å². The van der Waals surface area contributed by atoms with Crippen LogP contribution in [0.1, 0.15) is 31.2 Å². The van der Waals surface area contributed by atoms with Gasteiger partial charge in [0.05, 0.1) is 6.10 Å². The highest BCUT2D eigenvalue weighted by Crippen LogP contribution is 2.23. The Balaban J connectivity index is 1.63. The average Bonchev–Trinajstić information content (AvgIpc) is 2.38. The minimum Gasteiger partial charge on any atom is -0.393 e. The molecule has 2 rings (SSSR count). The lowest BCUT2D eigenvalue weighted by Crippen LogP contribution is -2.34. The molecule has 0 spiro atoms. The van der Waals surface area contributed by atoms with Gasteiger partial charge in [-0.3, -0.25) is 4.98 Å². The lowest BCUT2D eigenvalue weighted by molar-refractivity contribution is 0.0698. The molecule has 1 fully saturated rings. The molecule has 2 unspecified atom stereocenters. The van der Waals surface area contributed by atoms with Crippen molar-refractivity contribution in [3.05, 3.63) is 30.1 Å². The van der Waals surface area contributed by atoms with Crippen LogP contribution in [-0.4, -0.2) is 29.3 Å². The molecular weight excluding hydrogens is 212 g/mol. The minimum absolute atomic E-state index is 0.0883. The first-order valence-electron chi connectivity index (χ1n) is 6.64. The Morgan fingerprint density at radius 3 is 3.00 bits per heavy atom. The summed E-state index contributed by atoms with van der Waals surface area (Å²) in [6.45, 7) is 1.91. The van der Waals surface area contributed by atoms with Crippen LogP contribution in [0, 0.1) is 5.92 Å². The normalized spacial score (nSPS) is 24.8. The van der Waals surface area contributed by atoms with Gasteiger partial charge in [-0.2, -0.15) is 0 Å². The molecule has 0 radical (unpaired) electrons. The van der Waals surface area contributed by atoms with Crippen LogP contribution in [0.15, 0.2) is 24.5 Å². The molecule has 3 nitrogen and oxygen atoms in total. The Morgan fingerprint density at radius 2 is 2.24 bits per heavy atom. The molecule has 0 aromatic carbocycles. The predicted molar refractivity (Wildman–Crippen MR) is 68.8 cm³/mol. The second kappa shape index (κ2) is 6.72. The number of aromatic nitrogens is 1. The molecule has 94 valence electrons. The number of hydrogen-bond donors (Lipinski definition) is 2. The van der Waals surface area contributed by atoms with Gasteiger partial charge in [-0.15, -0.1) is 0 Å². The molecule has 0 bridgehead atoms. The van der Waals surface area contributed by atoms with Gasteiger partial charge in [0.25, 0.3) is 0 Å². The van der Waals surface area contributed by atoms with Gasteiger partial charge >= 0.3 is 0 Å². The van der Waals surface area contributed by atoms with E-state index in [2.05, 4.69) is 16.4 Å². The van der Waals surface area contributed by atoms with Crippen LogP contribution in [0.3, 0.4) is 0 Å². The van der Waals surface area contributed by atoms with E-state index in [9.17, 15) is 5.11 Å². The molecule has 1 heterocycles. The van der Waals surface area contributed by atoms with Crippen molar-refractivity contribution in [1.29, 1.82) is 0 Å². The highest BCUT2D eigenvalue weighted by Gasteiger charge is 2.22. The fourth-order valence-electron chi connectivity index (χ4n) is 2.49. The number of aliphatic hydroxyl groups excluding tert-OH is 1. The van der Waals surface area contributed by atoms with Crippen molar-refractivity contribution < 1.29 is 5.11 Å². The van der Waals surface area contributed by atoms with Crippen LogP contribution < -0.4 is 5.32 Å². The van der Waals surface area contributed by atoms with Gasteiger partial charge in [0.15, 0.2) is 0 Å². The van der Waals surface area contributed by atoms with Gasteiger partial charge in [0.1, 0.15) is 0 Å². The Bertz CT molecular complexity index is 315. The third kappa shape index (κ3) is 4.10. The number of nitrogens with zero attached hydrogens (tertiary/aromatic N) is 1. The summed E-state index contributed by atoms with van der Waals surface area (Å²) < 4.78 is 0. The van der Waals surface area contributed by atoms with Crippen LogP contribution in [0.5, 0.6) is 0 Å². The largest absolute Gasteiger partial charge is 0.393 e. The highest BCUT2D eigenvalue weighted by molar-refractivity contribution is 5.08. The van der Waals surface area contributed by atoms with Gasteiger partial charge < -0.3 is 10.4 Å². The zero-order chi connectivity index (χ0) is 11.9. The third-order valence-corrected chi connectivity index (χ3v) is 3.59. The van der Waals surface area contributed by atoms with Crippen molar-refractivity contribution in [3.63, 3.8) is 0 Å². The van der Waals surface area contributed by atoms with E-state index < -0.39 is 0 Å². The van der Waals surface area contributed by atoms with E-state index in [1.807, 2.05) is 12.3 Å². The Morgan fingerprint density at radius 1 is 1.35 bits per heavy atom. The maximum absolute atomic E-state index is 9.84. The Labute approximate surface area is 103 Å². The topological polar surface area (TPSA) is 45.1 Å². The second-order valence-electron chi connectivity index (χ2n) is 4.93. The maximum atomic E-state index is 9.84. The molecule has 1 saturated carbocycles. The Kier molecular flexibility index (Phi) is 4.95. The Hall–Kier alpha value is -0.930. The monoisotopic (exact) mass is 234 g/mol. The quantitative estimate of drug-likeness (QED) is 0.763. The summed E-state index contributed by atoms with van der Waals surface area (Å²) in [6, 6.07) is 4.07. The second-order valence-corrected chi connectivity index (χ2v) is 4.93. The van der Waals surface area contributed by atoms with Crippen molar-refractivity contribution >= 4 is 0 Å². The van der Waals surface area contributed by atoms with Crippen molar-refractivity contribution in [2.75, 3.05) is 13.1 Å². The van der Waals surface area contributed by atoms with Crippen molar-refractivity contribution in [1.82, 2.24) is 10.3 Å². The van der Waals surface area contributed by atoms with Crippen LogP contribution in [0.25, 0.3) is 0 Å². The van der Waals surface area contributed by atoms with Gasteiger partial charge in [0.2, 0.25) is 0 Å². The zero-order valence-electron chi connectivity index (χ0n) is 10.3.